The Kier molecular flexibility index (Phi) is 5.81. The summed E-state index contributed by atoms with van der Waals surface area (Å²) in [6.07, 6.45) is 7.76. The molecule has 1 saturated carbocycles. The third-order valence-corrected chi connectivity index (χ3v) is 6.82. The summed E-state index contributed by atoms with van der Waals surface area (Å²) in [6, 6.07) is 16.7. The molecule has 0 atom stereocenters. The Balaban J connectivity index is 1.38. The highest BCUT2D eigenvalue weighted by molar-refractivity contribution is 5.86. The summed E-state index contributed by atoms with van der Waals surface area (Å²) < 4.78 is 6.90. The fraction of sp³-hybridized carbons (Fsp3) is 0.241. The number of methoxy groups -OCH3 is 1. The lowest BCUT2D eigenvalue weighted by Gasteiger charge is -2.13. The quantitative estimate of drug-likeness (QED) is 0.344. The molecular weight excluding hydrogens is 436 g/mol. The van der Waals surface area contributed by atoms with Crippen molar-refractivity contribution in [3.63, 3.8) is 0 Å². The predicted molar refractivity (Wildman–Crippen MR) is 137 cm³/mol. The number of benzene rings is 2. The molecule has 0 N–H and O–H groups in total. The Morgan fingerprint density at radius 2 is 1.63 bits per heavy atom. The van der Waals surface area contributed by atoms with E-state index in [0.29, 0.717) is 6.42 Å². The molecule has 1 aliphatic rings. The van der Waals surface area contributed by atoms with Crippen LogP contribution in [0.25, 0.3) is 27.8 Å². The van der Waals surface area contributed by atoms with Gasteiger partial charge in [0.15, 0.2) is 0 Å². The van der Waals surface area contributed by atoms with Crippen molar-refractivity contribution in [3.05, 3.63) is 96.3 Å². The van der Waals surface area contributed by atoms with Crippen LogP contribution in [0.15, 0.2) is 73.7 Å². The predicted octanol–water partition coefficient (Wildman–Crippen LogP) is 5.37. The molecule has 0 spiro atoms. The van der Waals surface area contributed by atoms with Crippen molar-refractivity contribution in [3.8, 4) is 22.3 Å². The van der Waals surface area contributed by atoms with Gasteiger partial charge < -0.3 is 4.74 Å². The lowest BCUT2D eigenvalue weighted by Crippen LogP contribution is -2.21. The number of hydrogen-bond donors (Lipinski definition) is 0. The van der Waals surface area contributed by atoms with Crippen molar-refractivity contribution in [1.29, 1.82) is 0 Å². The summed E-state index contributed by atoms with van der Waals surface area (Å²) in [5.74, 6) is -0.140. The average Bonchev–Trinajstić information content (AvgIpc) is 3.63. The topological polar surface area (TPSA) is 69.9 Å². The first-order chi connectivity index (χ1) is 16.9. The van der Waals surface area contributed by atoms with Crippen LogP contribution in [0.1, 0.15) is 42.4 Å². The highest BCUT2D eigenvalue weighted by Gasteiger charge is 2.52. The fourth-order valence-electron chi connectivity index (χ4n) is 4.54. The Morgan fingerprint density at radius 3 is 2.23 bits per heavy atom. The second kappa shape index (κ2) is 8.95. The Bertz CT molecular complexity index is 1400. The molecule has 2 aromatic carbocycles. The monoisotopic (exact) mass is 464 g/mol. The third kappa shape index (κ3) is 4.28. The second-order valence-electron chi connectivity index (χ2n) is 9.21. The number of carbonyl (C=O) groups excluding carboxylic acids is 1. The van der Waals surface area contributed by atoms with Gasteiger partial charge in [0, 0.05) is 25.2 Å². The minimum Gasteiger partial charge on any atom is -0.468 e. The molecule has 2 aromatic heterocycles. The molecule has 0 saturated heterocycles. The molecule has 0 unspecified atom stereocenters. The first-order valence-electron chi connectivity index (χ1n) is 11.7. The molecule has 0 bridgehead atoms. The summed E-state index contributed by atoms with van der Waals surface area (Å²) in [6.45, 7) is 5.90. The van der Waals surface area contributed by atoms with E-state index >= 15 is 0 Å². The molecule has 0 amide bonds. The van der Waals surface area contributed by atoms with E-state index in [-0.39, 0.29) is 5.97 Å². The van der Waals surface area contributed by atoms with Gasteiger partial charge in [-0.25, -0.2) is 4.98 Å². The van der Waals surface area contributed by atoms with Crippen LogP contribution >= 0.6 is 0 Å². The summed E-state index contributed by atoms with van der Waals surface area (Å²) in [5, 5.41) is 4.50. The summed E-state index contributed by atoms with van der Waals surface area (Å²) in [7, 11) is 3.41. The number of esters is 1. The number of allylic oxidation sites excluding steroid dienone is 1. The van der Waals surface area contributed by atoms with Crippen molar-refractivity contribution < 1.29 is 9.53 Å². The average molecular weight is 465 g/mol. The fourth-order valence-corrected chi connectivity index (χ4v) is 4.54. The van der Waals surface area contributed by atoms with E-state index in [4.69, 9.17) is 4.74 Å². The minimum atomic E-state index is -0.442. The van der Waals surface area contributed by atoms with Gasteiger partial charge in [0.1, 0.15) is 0 Å². The van der Waals surface area contributed by atoms with Crippen LogP contribution in [0.5, 0.6) is 0 Å². The molecule has 35 heavy (non-hydrogen) atoms. The van der Waals surface area contributed by atoms with Gasteiger partial charge in [-0.05, 0) is 47.6 Å². The van der Waals surface area contributed by atoms with E-state index in [2.05, 4.69) is 58.0 Å². The zero-order chi connectivity index (χ0) is 24.6. The molecule has 1 aliphatic carbocycles. The van der Waals surface area contributed by atoms with Crippen molar-refractivity contribution in [2.75, 3.05) is 7.11 Å². The lowest BCUT2D eigenvalue weighted by atomic mass is 9.93. The molecule has 176 valence electrons. The number of ether oxygens (including phenoxy) is 1. The standard InChI is InChI=1S/C29H28N4O2/c1-19(2)26-18-30-16-24(32-26)15-27-25(17-31-33(27)3)22-7-5-20(6-8-22)21-9-11-23(12-10-21)29(13-14-29)28(34)35-4/h5-12,16-18H,1,13-15H2,2-4H3. The van der Waals surface area contributed by atoms with Crippen LogP contribution in [-0.4, -0.2) is 32.8 Å². The van der Waals surface area contributed by atoms with E-state index in [1.807, 2.05) is 37.0 Å². The number of hydrogen-bond acceptors (Lipinski definition) is 5. The van der Waals surface area contributed by atoms with E-state index in [1.54, 1.807) is 12.4 Å². The molecule has 6 nitrogen and oxygen atoms in total. The SMILES string of the molecule is C=C(C)c1cncc(Cc2c(-c3ccc(-c4ccc(C5(C(=O)OC)CC5)cc4)cc3)cnn2C)n1. The van der Waals surface area contributed by atoms with Crippen molar-refractivity contribution >= 4 is 11.5 Å². The third-order valence-electron chi connectivity index (χ3n) is 6.82. The van der Waals surface area contributed by atoms with Gasteiger partial charge in [-0.15, -0.1) is 0 Å². The van der Waals surface area contributed by atoms with Crippen LogP contribution in [0.2, 0.25) is 0 Å². The Labute approximate surface area is 205 Å². The van der Waals surface area contributed by atoms with E-state index in [9.17, 15) is 4.79 Å². The summed E-state index contributed by atoms with van der Waals surface area (Å²) in [5.41, 5.74) is 8.65. The normalized spacial score (nSPS) is 13.9. The maximum atomic E-state index is 12.2. The zero-order valence-electron chi connectivity index (χ0n) is 20.3. The summed E-state index contributed by atoms with van der Waals surface area (Å²) >= 11 is 0. The number of aryl methyl sites for hydroxylation is 1. The number of nitrogens with zero attached hydrogens (tertiary/aromatic N) is 4. The van der Waals surface area contributed by atoms with Crippen LogP contribution in [0.4, 0.5) is 0 Å². The van der Waals surface area contributed by atoms with Crippen molar-refractivity contribution in [2.45, 2.75) is 31.6 Å². The molecular formula is C29H28N4O2. The number of rotatable bonds is 7. The first-order valence-corrected chi connectivity index (χ1v) is 11.7. The lowest BCUT2D eigenvalue weighted by molar-refractivity contribution is -0.143. The van der Waals surface area contributed by atoms with E-state index in [1.165, 1.54) is 7.11 Å². The molecule has 5 rings (SSSR count). The van der Waals surface area contributed by atoms with Gasteiger partial charge in [-0.1, -0.05) is 55.1 Å². The van der Waals surface area contributed by atoms with Crippen molar-refractivity contribution in [1.82, 2.24) is 19.7 Å². The van der Waals surface area contributed by atoms with Crippen LogP contribution in [-0.2, 0) is 28.4 Å². The molecule has 4 aromatic rings. The second-order valence-corrected chi connectivity index (χ2v) is 9.21. The van der Waals surface area contributed by atoms with Crippen LogP contribution in [0.3, 0.4) is 0 Å². The van der Waals surface area contributed by atoms with Crippen LogP contribution in [0, 0.1) is 0 Å². The van der Waals surface area contributed by atoms with E-state index in [0.717, 1.165) is 63.3 Å². The summed E-state index contributed by atoms with van der Waals surface area (Å²) in [4.78, 5) is 21.2. The smallest absolute Gasteiger partial charge is 0.316 e. The van der Waals surface area contributed by atoms with E-state index < -0.39 is 5.41 Å². The van der Waals surface area contributed by atoms with Gasteiger partial charge in [0.25, 0.3) is 0 Å². The highest BCUT2D eigenvalue weighted by atomic mass is 16.5. The Morgan fingerprint density at radius 1 is 1.00 bits per heavy atom. The first kappa shape index (κ1) is 22.7. The maximum Gasteiger partial charge on any atom is 0.316 e. The van der Waals surface area contributed by atoms with Gasteiger partial charge >= 0.3 is 5.97 Å². The minimum absolute atomic E-state index is 0.140. The largest absolute Gasteiger partial charge is 0.468 e. The molecule has 2 heterocycles. The zero-order valence-corrected chi connectivity index (χ0v) is 20.3. The van der Waals surface area contributed by atoms with Gasteiger partial charge in [-0.3, -0.25) is 14.5 Å². The molecule has 1 fully saturated rings. The van der Waals surface area contributed by atoms with Gasteiger partial charge in [0.05, 0.1) is 42.0 Å². The number of carbonyl (C=O) groups is 1. The van der Waals surface area contributed by atoms with Crippen molar-refractivity contribution in [2.24, 2.45) is 7.05 Å². The number of aromatic nitrogens is 4. The molecule has 6 heteroatoms. The maximum absolute atomic E-state index is 12.2. The highest BCUT2D eigenvalue weighted by Crippen LogP contribution is 2.49. The molecule has 0 radical (unpaired) electrons. The Hall–Kier alpha value is -4.06. The molecule has 0 aliphatic heterocycles. The van der Waals surface area contributed by atoms with Crippen LogP contribution < -0.4 is 0 Å². The van der Waals surface area contributed by atoms with Gasteiger partial charge in [-0.2, -0.15) is 5.10 Å². The van der Waals surface area contributed by atoms with Gasteiger partial charge in [0.2, 0.25) is 0 Å².